The second-order valence-electron chi connectivity index (χ2n) is 6.85. The van der Waals surface area contributed by atoms with E-state index < -0.39 is 12.0 Å². The highest BCUT2D eigenvalue weighted by Gasteiger charge is 2.28. The van der Waals surface area contributed by atoms with Gasteiger partial charge in [-0.3, -0.25) is 4.79 Å². The van der Waals surface area contributed by atoms with Crippen molar-refractivity contribution < 1.29 is 19.4 Å². The van der Waals surface area contributed by atoms with Crippen LogP contribution in [0.1, 0.15) is 0 Å². The molecule has 0 saturated carbocycles. The Hall–Kier alpha value is -3.87. The number of carbonyl (C=O) groups excluding carboxylic acids is 1. The Morgan fingerprint density at radius 1 is 1.07 bits per heavy atom. The van der Waals surface area contributed by atoms with Gasteiger partial charge in [-0.2, -0.15) is 0 Å². The minimum absolute atomic E-state index is 0.0463. The van der Waals surface area contributed by atoms with Crippen LogP contribution in [0.3, 0.4) is 0 Å². The number of aromatic nitrogens is 1. The summed E-state index contributed by atoms with van der Waals surface area (Å²) in [5, 5.41) is 20.8. The maximum Gasteiger partial charge on any atom is 0.308 e. The average molecular weight is 387 g/mol. The van der Waals surface area contributed by atoms with Crippen LogP contribution in [-0.2, 0) is 11.8 Å². The van der Waals surface area contributed by atoms with Crippen LogP contribution in [0.25, 0.3) is 21.7 Å². The van der Waals surface area contributed by atoms with E-state index in [1.165, 1.54) is 0 Å². The molecule has 2 heterocycles. The fraction of sp³-hybridized carbons (Fsp3) is 0.136. The fourth-order valence-corrected chi connectivity index (χ4v) is 3.50. The molecule has 7 nitrogen and oxygen atoms in total. The minimum atomic E-state index is -0.899. The van der Waals surface area contributed by atoms with Crippen LogP contribution in [0, 0.1) is 0 Å². The van der Waals surface area contributed by atoms with Crippen molar-refractivity contribution in [3.05, 3.63) is 60.7 Å². The van der Waals surface area contributed by atoms with E-state index in [-0.39, 0.29) is 18.2 Å². The van der Waals surface area contributed by atoms with Gasteiger partial charge in [-0.05, 0) is 29.0 Å². The summed E-state index contributed by atoms with van der Waals surface area (Å²) in [6.07, 6.45) is -0.899. The average Bonchev–Trinajstić information content (AvgIpc) is 3.00. The van der Waals surface area contributed by atoms with E-state index in [9.17, 15) is 9.90 Å². The topological polar surface area (TPSA) is 85.4 Å². The Bertz CT molecular complexity index is 1290. The third-order valence-corrected chi connectivity index (χ3v) is 5.05. The van der Waals surface area contributed by atoms with Gasteiger partial charge < -0.3 is 19.1 Å². The van der Waals surface area contributed by atoms with Crippen molar-refractivity contribution in [2.75, 3.05) is 6.61 Å². The standard InChI is InChI=1S/C22H17N3O4/c1-25-16-9-5-4-8-15(16)20(22(25)27)23-24-21(26)19-12-28-17-10-13-6-2-3-7-14(13)11-18(17)29-19/h2-11,19,27H,12H2,1H3/t19-/m0/s1. The molecule has 4 aromatic rings. The summed E-state index contributed by atoms with van der Waals surface area (Å²) in [6, 6.07) is 18.9. The van der Waals surface area contributed by atoms with Gasteiger partial charge in [-0.25, -0.2) is 0 Å². The summed E-state index contributed by atoms with van der Waals surface area (Å²) < 4.78 is 13.1. The number of nitrogens with zero attached hydrogens (tertiary/aromatic N) is 3. The largest absolute Gasteiger partial charge is 0.493 e. The highest BCUT2D eigenvalue weighted by molar-refractivity contribution is 5.95. The zero-order chi connectivity index (χ0) is 20.0. The molecule has 0 saturated heterocycles. The molecule has 0 spiro atoms. The third kappa shape index (κ3) is 2.87. The zero-order valence-corrected chi connectivity index (χ0v) is 15.6. The van der Waals surface area contributed by atoms with Gasteiger partial charge in [-0.15, -0.1) is 10.2 Å². The Morgan fingerprint density at radius 3 is 2.55 bits per heavy atom. The van der Waals surface area contributed by atoms with Crippen LogP contribution in [0.4, 0.5) is 5.69 Å². The number of aromatic hydroxyl groups is 1. The van der Waals surface area contributed by atoms with Crippen molar-refractivity contribution >= 4 is 33.3 Å². The van der Waals surface area contributed by atoms with Crippen LogP contribution < -0.4 is 9.47 Å². The van der Waals surface area contributed by atoms with Crippen molar-refractivity contribution in [2.24, 2.45) is 17.3 Å². The number of hydrogen-bond donors (Lipinski definition) is 1. The van der Waals surface area contributed by atoms with Gasteiger partial charge in [0.05, 0.1) is 5.52 Å². The second-order valence-corrected chi connectivity index (χ2v) is 6.85. The molecule has 1 aliphatic heterocycles. The third-order valence-electron chi connectivity index (χ3n) is 5.05. The molecule has 5 rings (SSSR count). The predicted octanol–water partition coefficient (Wildman–Crippen LogP) is 4.49. The minimum Gasteiger partial charge on any atom is -0.493 e. The highest BCUT2D eigenvalue weighted by atomic mass is 16.6. The van der Waals surface area contributed by atoms with Gasteiger partial charge >= 0.3 is 5.91 Å². The molecule has 29 heavy (non-hydrogen) atoms. The molecule has 0 radical (unpaired) electrons. The lowest BCUT2D eigenvalue weighted by molar-refractivity contribution is -0.127. The molecule has 144 valence electrons. The van der Waals surface area contributed by atoms with Crippen molar-refractivity contribution in [3.8, 4) is 17.4 Å². The number of para-hydroxylation sites is 1. The lowest BCUT2D eigenvalue weighted by atomic mass is 10.1. The lowest BCUT2D eigenvalue weighted by Crippen LogP contribution is -2.35. The number of fused-ring (bicyclic) bond motifs is 3. The first-order chi connectivity index (χ1) is 14.1. The van der Waals surface area contributed by atoms with E-state index in [4.69, 9.17) is 9.47 Å². The van der Waals surface area contributed by atoms with Crippen molar-refractivity contribution in [1.82, 2.24) is 4.57 Å². The Kier molecular flexibility index (Phi) is 3.94. The molecular weight excluding hydrogens is 370 g/mol. The summed E-state index contributed by atoms with van der Waals surface area (Å²) >= 11 is 0. The van der Waals surface area contributed by atoms with Gasteiger partial charge in [0, 0.05) is 12.4 Å². The van der Waals surface area contributed by atoms with Crippen LogP contribution in [0.5, 0.6) is 17.4 Å². The van der Waals surface area contributed by atoms with Crippen LogP contribution in [0.15, 0.2) is 70.9 Å². The summed E-state index contributed by atoms with van der Waals surface area (Å²) in [5.41, 5.74) is 1.05. The highest BCUT2D eigenvalue weighted by Crippen LogP contribution is 2.38. The smallest absolute Gasteiger partial charge is 0.308 e. The van der Waals surface area contributed by atoms with E-state index >= 15 is 0 Å². The summed E-state index contributed by atoms with van der Waals surface area (Å²) in [5.74, 6) is 0.462. The number of amides is 1. The van der Waals surface area contributed by atoms with E-state index in [2.05, 4.69) is 10.2 Å². The van der Waals surface area contributed by atoms with Gasteiger partial charge in [0.1, 0.15) is 6.61 Å². The molecule has 1 aliphatic rings. The summed E-state index contributed by atoms with van der Waals surface area (Å²) in [6.45, 7) is 0.0463. The maximum atomic E-state index is 12.5. The van der Waals surface area contributed by atoms with E-state index in [0.29, 0.717) is 16.9 Å². The Morgan fingerprint density at radius 2 is 1.76 bits per heavy atom. The molecule has 1 N–H and O–H groups in total. The first-order valence-corrected chi connectivity index (χ1v) is 9.16. The molecule has 1 amide bonds. The molecule has 1 atom stereocenters. The number of carbonyl (C=O) groups is 1. The predicted molar refractivity (Wildman–Crippen MR) is 108 cm³/mol. The first-order valence-electron chi connectivity index (χ1n) is 9.16. The molecule has 7 heteroatoms. The summed E-state index contributed by atoms with van der Waals surface area (Å²) in [7, 11) is 1.72. The van der Waals surface area contributed by atoms with Crippen molar-refractivity contribution in [1.29, 1.82) is 0 Å². The zero-order valence-electron chi connectivity index (χ0n) is 15.6. The van der Waals surface area contributed by atoms with Crippen LogP contribution in [0.2, 0.25) is 0 Å². The fourth-order valence-electron chi connectivity index (χ4n) is 3.50. The van der Waals surface area contributed by atoms with E-state index in [0.717, 1.165) is 16.3 Å². The Balaban J connectivity index is 1.41. The van der Waals surface area contributed by atoms with Gasteiger partial charge in [0.2, 0.25) is 12.0 Å². The lowest BCUT2D eigenvalue weighted by Gasteiger charge is -2.24. The maximum absolute atomic E-state index is 12.5. The normalized spacial score (nSPS) is 16.0. The monoisotopic (exact) mass is 387 g/mol. The number of hydrogen-bond acceptors (Lipinski definition) is 5. The molecule has 0 unspecified atom stereocenters. The van der Waals surface area contributed by atoms with Gasteiger partial charge in [-0.1, -0.05) is 42.5 Å². The quantitative estimate of drug-likeness (QED) is 0.514. The second kappa shape index (κ2) is 6.63. The molecular formula is C22H17N3O4. The van der Waals surface area contributed by atoms with Crippen LogP contribution >= 0.6 is 0 Å². The van der Waals surface area contributed by atoms with Crippen LogP contribution in [-0.4, -0.2) is 28.3 Å². The van der Waals surface area contributed by atoms with E-state index in [1.54, 1.807) is 11.6 Å². The number of azo groups is 1. The SMILES string of the molecule is Cn1c(O)c(N=NC(=O)[C@@H]2COc3cc4ccccc4cc3O2)c2ccccc21. The number of ether oxygens (including phenoxy) is 2. The van der Waals surface area contributed by atoms with Crippen molar-refractivity contribution in [3.63, 3.8) is 0 Å². The van der Waals surface area contributed by atoms with Crippen molar-refractivity contribution in [2.45, 2.75) is 6.10 Å². The summed E-state index contributed by atoms with van der Waals surface area (Å²) in [4.78, 5) is 12.5. The number of aryl methyl sites for hydroxylation is 1. The first kappa shape index (κ1) is 17.2. The molecule has 0 fully saturated rings. The number of benzene rings is 3. The van der Waals surface area contributed by atoms with Gasteiger partial charge in [0.15, 0.2) is 17.2 Å². The number of rotatable bonds is 2. The molecule has 0 aliphatic carbocycles. The van der Waals surface area contributed by atoms with Gasteiger partial charge in [0.25, 0.3) is 0 Å². The Labute approximate surface area is 165 Å². The molecule has 0 bridgehead atoms. The molecule has 3 aromatic carbocycles. The van der Waals surface area contributed by atoms with E-state index in [1.807, 2.05) is 60.7 Å². The molecule has 1 aromatic heterocycles.